The molecular formula is C69H96N10O8. The zero-order valence-electron chi connectivity index (χ0n) is 53.4. The molecule has 87 heavy (non-hydrogen) atoms. The van der Waals surface area contributed by atoms with Gasteiger partial charge >= 0.3 is 0 Å². The molecule has 9 rings (SSSR count). The highest BCUT2D eigenvalue weighted by atomic mass is 16.2. The summed E-state index contributed by atoms with van der Waals surface area (Å²) in [6, 6.07) is 21.6. The van der Waals surface area contributed by atoms with Crippen molar-refractivity contribution in [2.24, 2.45) is 35.1 Å². The highest BCUT2D eigenvalue weighted by Gasteiger charge is 2.39. The first kappa shape index (κ1) is 67.1. The van der Waals surface area contributed by atoms with Crippen molar-refractivity contribution < 1.29 is 38.4 Å². The van der Waals surface area contributed by atoms with Crippen LogP contribution in [-0.2, 0) is 48.0 Å². The van der Waals surface area contributed by atoms with E-state index >= 15 is 0 Å². The molecule has 3 aromatic carbocycles. The molecule has 0 saturated carbocycles. The lowest BCUT2D eigenvalue weighted by atomic mass is 9.97. The van der Waals surface area contributed by atoms with E-state index in [1.807, 2.05) is 131 Å². The van der Waals surface area contributed by atoms with Crippen molar-refractivity contribution in [1.29, 1.82) is 0 Å². The molecule has 2 aromatic heterocycles. The summed E-state index contributed by atoms with van der Waals surface area (Å²) in [6.45, 7) is 23.9. The molecule has 6 amide bonds. The second-order valence-electron chi connectivity index (χ2n) is 25.7. The number of nitrogens with zero attached hydrogens (tertiary/aromatic N) is 5. The number of allylic oxidation sites excluding steroid dienone is 1. The lowest BCUT2D eigenvalue weighted by molar-refractivity contribution is -0.139. The first-order valence-corrected chi connectivity index (χ1v) is 31.6. The highest BCUT2D eigenvalue weighted by molar-refractivity contribution is 5.96. The minimum Gasteiger partial charge on any atom is -0.344 e. The standard InChI is InChI=1S/C24H33N3O3.C23H32N4O3.C22H31N3O2/c1-15(2)22(25-23(29)16(3)4)24(30)26-12-8-9-19(26)13-18-14-27(17(5)28)21-11-7-6-10-20(18)21;1-14(2)21(25-22(29)15(3)24)23(30)26-11-7-8-18(26)12-17-13-27(16(4)28)20-10-6-5-9-19(17)20;1-14(2)20(24-21(26)15(3)23)22(27)25-12-6-8-18(25)13-17-11-10-16-7-4-5-9-19(16)17/h6-7,10-11,14-16,19,22H,8-9,12-13H2,1-5H3,(H,25,29);5-6,9-10,13-15,18,21H,7-8,11-12,24H2,1-4H3,(H,25,29);4-5,7,9,11,14-15,18,20H,6,8,10,12-13,23H2,1-3H3,(H,24,26)/t19-,22-;15-,18-,21-;15-,18-,20-/m000/s1. The first-order valence-electron chi connectivity index (χ1n) is 31.6. The maximum atomic E-state index is 13.4. The second-order valence-corrected chi connectivity index (χ2v) is 25.7. The van der Waals surface area contributed by atoms with Gasteiger partial charge < -0.3 is 42.1 Å². The SMILES string of the molecule is CC(=O)n1cc(C[C@@H]2CCCN2C(=O)[C@@H](NC(=O)C(C)C)C(C)C)c2ccccc21.CC(=O)n1cc(C[C@@H]2CCCN2C(=O)[C@@H](NC(=O)[C@H](C)N)C(C)C)c2ccccc21.CC(C)[C@H](NC(=O)[C@H](C)N)C(=O)N1CCC[C@H]1CC1=CCc2ccccc21. The van der Waals surface area contributed by atoms with Gasteiger partial charge in [-0.1, -0.05) is 122 Å². The number of benzene rings is 3. The van der Waals surface area contributed by atoms with Crippen molar-refractivity contribution in [3.05, 3.63) is 114 Å². The zero-order chi connectivity index (χ0) is 63.6. The van der Waals surface area contributed by atoms with Gasteiger partial charge in [-0.2, -0.15) is 0 Å². The molecule has 18 heteroatoms. The van der Waals surface area contributed by atoms with E-state index in [0.29, 0.717) is 25.9 Å². The molecule has 5 heterocycles. The molecule has 3 saturated heterocycles. The Morgan fingerprint density at radius 1 is 0.483 bits per heavy atom. The van der Waals surface area contributed by atoms with Gasteiger partial charge in [0.25, 0.3) is 0 Å². The summed E-state index contributed by atoms with van der Waals surface area (Å²) in [4.78, 5) is 106. The third kappa shape index (κ3) is 16.2. The molecular weight excluding hydrogens is 1100 g/mol. The molecule has 0 unspecified atom stereocenters. The largest absolute Gasteiger partial charge is 0.344 e. The fraction of sp³-hybridized carbons (Fsp3) is 0.536. The van der Waals surface area contributed by atoms with Crippen molar-refractivity contribution >= 4 is 74.6 Å². The Morgan fingerprint density at radius 3 is 1.21 bits per heavy atom. The summed E-state index contributed by atoms with van der Waals surface area (Å²) in [7, 11) is 0. The average molecular weight is 1190 g/mol. The number of carbonyl (C=O) groups excluding carboxylic acids is 8. The molecule has 470 valence electrons. The van der Waals surface area contributed by atoms with Gasteiger partial charge in [0.05, 0.1) is 23.1 Å². The van der Waals surface area contributed by atoms with E-state index in [1.165, 1.54) is 16.7 Å². The van der Waals surface area contributed by atoms with E-state index in [9.17, 15) is 38.4 Å². The maximum absolute atomic E-state index is 13.4. The minimum absolute atomic E-state index is 0.00296. The molecule has 3 fully saturated rings. The quantitative estimate of drug-likeness (QED) is 0.0560. The lowest BCUT2D eigenvalue weighted by Crippen LogP contribution is -2.55. The van der Waals surface area contributed by atoms with Gasteiger partial charge in [-0.15, -0.1) is 0 Å². The Bertz CT molecular complexity index is 3160. The van der Waals surface area contributed by atoms with Crippen LogP contribution in [0.5, 0.6) is 0 Å². The summed E-state index contributed by atoms with van der Waals surface area (Å²) in [6.07, 6.45) is 15.1. The number of nitrogens with two attached hydrogens (primary N) is 2. The fourth-order valence-corrected chi connectivity index (χ4v) is 12.6. The van der Waals surface area contributed by atoms with Gasteiger partial charge in [0.15, 0.2) is 0 Å². The van der Waals surface area contributed by atoms with E-state index in [-0.39, 0.29) is 89.1 Å². The van der Waals surface area contributed by atoms with Gasteiger partial charge in [0, 0.05) is 80.7 Å². The normalized spacial score (nSPS) is 19.0. The number of nitrogens with one attached hydrogen (secondary N) is 3. The molecule has 1 aliphatic carbocycles. The van der Waals surface area contributed by atoms with Crippen LogP contribution in [0.3, 0.4) is 0 Å². The third-order valence-corrected chi connectivity index (χ3v) is 17.6. The van der Waals surface area contributed by atoms with E-state index in [0.717, 1.165) is 90.8 Å². The van der Waals surface area contributed by atoms with E-state index in [2.05, 4.69) is 46.3 Å². The topological polar surface area (TPSA) is 244 Å². The van der Waals surface area contributed by atoms with Gasteiger partial charge in [-0.25, -0.2) is 0 Å². The van der Waals surface area contributed by atoms with Gasteiger partial charge in [-0.05, 0) is 136 Å². The average Bonchev–Trinajstić information content (AvgIpc) is 1.89. The molecule has 3 aliphatic heterocycles. The number of aromatic nitrogens is 2. The molecule has 7 N–H and O–H groups in total. The van der Waals surface area contributed by atoms with Gasteiger partial charge in [0.2, 0.25) is 47.3 Å². The van der Waals surface area contributed by atoms with Crippen LogP contribution in [0.4, 0.5) is 0 Å². The summed E-state index contributed by atoms with van der Waals surface area (Å²) < 4.78 is 3.36. The molecule has 5 aromatic rings. The molecule has 8 atom stereocenters. The summed E-state index contributed by atoms with van der Waals surface area (Å²) in [5.74, 6) is -0.943. The van der Waals surface area contributed by atoms with Crippen LogP contribution < -0.4 is 27.4 Å². The number of fused-ring (bicyclic) bond motifs is 3. The van der Waals surface area contributed by atoms with Crippen molar-refractivity contribution in [1.82, 2.24) is 39.8 Å². The van der Waals surface area contributed by atoms with Crippen LogP contribution in [0.2, 0.25) is 0 Å². The summed E-state index contributed by atoms with van der Waals surface area (Å²) >= 11 is 0. The second kappa shape index (κ2) is 30.0. The fourth-order valence-electron chi connectivity index (χ4n) is 12.6. The van der Waals surface area contributed by atoms with Gasteiger partial charge in [0.1, 0.15) is 18.1 Å². The Labute approximate surface area is 514 Å². The van der Waals surface area contributed by atoms with Crippen LogP contribution in [0.25, 0.3) is 27.4 Å². The predicted octanol–water partition coefficient (Wildman–Crippen LogP) is 8.45. The summed E-state index contributed by atoms with van der Waals surface area (Å²) in [5.41, 5.74) is 19.3. The summed E-state index contributed by atoms with van der Waals surface area (Å²) in [5, 5.41) is 10.7. The van der Waals surface area contributed by atoms with Crippen molar-refractivity contribution in [3.8, 4) is 0 Å². The van der Waals surface area contributed by atoms with E-state index < -0.39 is 30.2 Å². The van der Waals surface area contributed by atoms with Crippen molar-refractivity contribution in [2.75, 3.05) is 19.6 Å². The number of carbonyl (C=O) groups is 8. The smallest absolute Gasteiger partial charge is 0.245 e. The zero-order valence-corrected chi connectivity index (χ0v) is 53.4. The van der Waals surface area contributed by atoms with Crippen LogP contribution in [0.1, 0.15) is 160 Å². The van der Waals surface area contributed by atoms with Crippen LogP contribution in [0.15, 0.2) is 91.3 Å². The number of likely N-dealkylation sites (tertiary alicyclic amines) is 3. The molecule has 0 radical (unpaired) electrons. The molecule has 0 bridgehead atoms. The Morgan fingerprint density at radius 2 is 0.839 bits per heavy atom. The van der Waals surface area contributed by atoms with Crippen LogP contribution in [0, 0.1) is 23.7 Å². The molecule has 0 spiro atoms. The molecule has 4 aliphatic rings. The predicted molar refractivity (Wildman–Crippen MR) is 343 cm³/mol. The number of rotatable bonds is 18. The Balaban J connectivity index is 0.000000187. The number of amides is 6. The first-order chi connectivity index (χ1) is 41.3. The highest BCUT2D eigenvalue weighted by Crippen LogP contribution is 2.36. The lowest BCUT2D eigenvalue weighted by Gasteiger charge is -2.32. The number of hydrogen-bond donors (Lipinski definition) is 5. The van der Waals surface area contributed by atoms with Crippen LogP contribution in [-0.4, -0.2) is 139 Å². The maximum Gasteiger partial charge on any atom is 0.245 e. The van der Waals surface area contributed by atoms with Crippen molar-refractivity contribution in [3.63, 3.8) is 0 Å². The van der Waals surface area contributed by atoms with E-state index in [1.54, 1.807) is 36.8 Å². The van der Waals surface area contributed by atoms with E-state index in [4.69, 9.17) is 11.5 Å². The molecule has 18 nitrogen and oxygen atoms in total. The van der Waals surface area contributed by atoms with Gasteiger partial charge in [-0.3, -0.25) is 47.5 Å². The monoisotopic (exact) mass is 1190 g/mol. The van der Waals surface area contributed by atoms with Crippen LogP contribution >= 0.6 is 0 Å². The van der Waals surface area contributed by atoms with Crippen molar-refractivity contribution in [2.45, 2.75) is 196 Å². The minimum atomic E-state index is -0.661. The third-order valence-electron chi connectivity index (χ3n) is 17.6. The Kier molecular flexibility index (Phi) is 23.1. The number of para-hydroxylation sites is 2. The number of hydrogen-bond acceptors (Lipinski definition) is 10. The Hall–Kier alpha value is -7.44.